The second-order valence-electron chi connectivity index (χ2n) is 7.07. The molecule has 0 amide bonds. The molecule has 0 saturated carbocycles. The van der Waals surface area contributed by atoms with Crippen molar-refractivity contribution in [3.63, 3.8) is 0 Å². The molecule has 2 aliphatic rings. The summed E-state index contributed by atoms with van der Waals surface area (Å²) in [5.41, 5.74) is 0.957. The van der Waals surface area contributed by atoms with E-state index in [0.29, 0.717) is 26.2 Å². The second kappa shape index (κ2) is 10.8. The van der Waals surface area contributed by atoms with E-state index < -0.39 is 18.1 Å². The number of benzene rings is 1. The Morgan fingerprint density at radius 1 is 0.966 bits per heavy atom. The number of likely N-dealkylation sites (tertiary alicyclic amines) is 2. The van der Waals surface area contributed by atoms with E-state index in [-0.39, 0.29) is 37.0 Å². The number of ketones is 2. The Labute approximate surface area is 170 Å². The molecule has 1 N–H and O–H groups in total. The maximum absolute atomic E-state index is 11.9. The van der Waals surface area contributed by atoms with Crippen molar-refractivity contribution in [2.75, 3.05) is 26.2 Å². The number of Topliss-reactive ketones (excluding diaryl/α,β-unsaturated/α-hetero) is 2. The van der Waals surface area contributed by atoms with Crippen molar-refractivity contribution in [3.05, 3.63) is 35.9 Å². The zero-order valence-electron chi connectivity index (χ0n) is 16.9. The predicted molar refractivity (Wildman–Crippen MR) is 105 cm³/mol. The molecule has 8 nitrogen and oxygen atoms in total. The van der Waals surface area contributed by atoms with Gasteiger partial charge in [-0.1, -0.05) is 44.2 Å². The summed E-state index contributed by atoms with van der Waals surface area (Å²) in [5.74, 6) is -1.05. The van der Waals surface area contributed by atoms with Crippen LogP contribution in [0.1, 0.15) is 32.3 Å². The number of carboxylic acid groups (broad SMARTS) is 1. The number of carboxylic acids is 1. The number of esters is 1. The van der Waals surface area contributed by atoms with Crippen LogP contribution in [0.5, 0.6) is 0 Å². The minimum Gasteiger partial charge on any atom is -0.480 e. The van der Waals surface area contributed by atoms with Crippen LogP contribution < -0.4 is 0 Å². The van der Waals surface area contributed by atoms with Gasteiger partial charge in [0.25, 0.3) is 0 Å². The van der Waals surface area contributed by atoms with E-state index in [9.17, 15) is 19.2 Å². The fourth-order valence-corrected chi connectivity index (χ4v) is 3.46. The summed E-state index contributed by atoms with van der Waals surface area (Å²) in [6.07, 6.45) is 0.449. The molecule has 0 spiro atoms. The number of carbonyl (C=O) groups is 4. The van der Waals surface area contributed by atoms with Gasteiger partial charge in [0.05, 0.1) is 13.1 Å². The lowest BCUT2D eigenvalue weighted by Crippen LogP contribution is -2.37. The molecular weight excluding hydrogens is 376 g/mol. The Morgan fingerprint density at radius 3 is 1.97 bits per heavy atom. The normalized spacial score (nSPS) is 22.3. The van der Waals surface area contributed by atoms with Gasteiger partial charge in [0, 0.05) is 12.8 Å². The van der Waals surface area contributed by atoms with Crippen molar-refractivity contribution in [2.45, 2.75) is 45.4 Å². The molecule has 2 heterocycles. The molecular formula is C21H28N2O6. The van der Waals surface area contributed by atoms with Crippen molar-refractivity contribution in [3.8, 4) is 0 Å². The Balaban J connectivity index is 0.000000234. The van der Waals surface area contributed by atoms with Crippen molar-refractivity contribution in [2.24, 2.45) is 0 Å². The van der Waals surface area contributed by atoms with Crippen molar-refractivity contribution >= 4 is 23.5 Å². The lowest BCUT2D eigenvalue weighted by molar-refractivity contribution is -0.150. The standard InChI is InChI=1S/C14H17NO3.C7H11NO3/c1-2-15-9-12(16)8-13(15)14(17)18-10-11-6-4-3-5-7-11;1-2-8-4-5(9)3-6(8)7(10)11/h3-7,13H,2,8-10H2,1H3;6H,2-4H2,1H3,(H,10,11). The average Bonchev–Trinajstić information content (AvgIpc) is 3.29. The fraction of sp³-hybridized carbons (Fsp3) is 0.524. The van der Waals surface area contributed by atoms with Gasteiger partial charge in [0.15, 0.2) is 0 Å². The summed E-state index contributed by atoms with van der Waals surface area (Å²) < 4.78 is 5.26. The fourth-order valence-electron chi connectivity index (χ4n) is 3.46. The van der Waals surface area contributed by atoms with E-state index in [4.69, 9.17) is 9.84 Å². The maximum Gasteiger partial charge on any atom is 0.324 e. The number of aliphatic carboxylic acids is 1. The van der Waals surface area contributed by atoms with Gasteiger partial charge in [0.1, 0.15) is 30.3 Å². The molecule has 8 heteroatoms. The molecule has 2 unspecified atom stereocenters. The average molecular weight is 404 g/mol. The van der Waals surface area contributed by atoms with Gasteiger partial charge in [-0.3, -0.25) is 29.0 Å². The van der Waals surface area contributed by atoms with E-state index in [0.717, 1.165) is 5.56 Å². The number of hydrogen-bond donors (Lipinski definition) is 1. The predicted octanol–water partition coefficient (Wildman–Crippen LogP) is 1.13. The van der Waals surface area contributed by atoms with Gasteiger partial charge >= 0.3 is 11.9 Å². The first-order valence-corrected chi connectivity index (χ1v) is 9.80. The van der Waals surface area contributed by atoms with Crippen molar-refractivity contribution < 1.29 is 29.0 Å². The summed E-state index contributed by atoms with van der Waals surface area (Å²) in [7, 11) is 0. The Kier molecular flexibility index (Phi) is 8.48. The zero-order chi connectivity index (χ0) is 21.4. The molecule has 1 aromatic carbocycles. The molecule has 0 bridgehead atoms. The summed E-state index contributed by atoms with van der Waals surface area (Å²) in [6, 6.07) is 8.56. The quantitative estimate of drug-likeness (QED) is 0.704. The number of likely N-dealkylation sites (N-methyl/N-ethyl adjacent to an activating group) is 2. The first kappa shape index (κ1) is 22.7. The molecule has 0 radical (unpaired) electrons. The van der Waals surface area contributed by atoms with E-state index in [1.807, 2.05) is 49.1 Å². The molecule has 0 aliphatic carbocycles. The molecule has 3 rings (SSSR count). The third-order valence-electron chi connectivity index (χ3n) is 5.08. The summed E-state index contributed by atoms with van der Waals surface area (Å²) >= 11 is 0. The number of hydrogen-bond acceptors (Lipinski definition) is 7. The Morgan fingerprint density at radius 2 is 1.48 bits per heavy atom. The first-order chi connectivity index (χ1) is 13.8. The van der Waals surface area contributed by atoms with Crippen molar-refractivity contribution in [1.82, 2.24) is 9.80 Å². The van der Waals surface area contributed by atoms with Gasteiger partial charge in [-0.15, -0.1) is 0 Å². The SMILES string of the molecule is CCN1CC(=O)CC1C(=O)O.CCN1CC(=O)CC1C(=O)OCc1ccccc1. The van der Waals surface area contributed by atoms with Gasteiger partial charge in [-0.05, 0) is 18.7 Å². The molecule has 2 atom stereocenters. The van der Waals surface area contributed by atoms with Crippen LogP contribution in [-0.4, -0.2) is 76.7 Å². The molecule has 2 aliphatic heterocycles. The van der Waals surface area contributed by atoms with E-state index >= 15 is 0 Å². The Bertz CT molecular complexity index is 736. The number of ether oxygens (including phenoxy) is 1. The molecule has 2 fully saturated rings. The molecule has 158 valence electrons. The highest BCUT2D eigenvalue weighted by molar-refractivity contribution is 5.91. The van der Waals surface area contributed by atoms with E-state index in [1.54, 1.807) is 4.90 Å². The van der Waals surface area contributed by atoms with E-state index in [2.05, 4.69) is 0 Å². The maximum atomic E-state index is 11.9. The van der Waals surface area contributed by atoms with Crippen LogP contribution in [0.15, 0.2) is 30.3 Å². The molecule has 1 aromatic rings. The van der Waals surface area contributed by atoms with Crippen molar-refractivity contribution in [1.29, 1.82) is 0 Å². The van der Waals surface area contributed by atoms with Crippen LogP contribution in [0.25, 0.3) is 0 Å². The van der Waals surface area contributed by atoms with Crippen LogP contribution in [0.2, 0.25) is 0 Å². The number of nitrogens with zero attached hydrogens (tertiary/aromatic N) is 2. The first-order valence-electron chi connectivity index (χ1n) is 9.80. The Hall–Kier alpha value is -2.58. The smallest absolute Gasteiger partial charge is 0.324 e. The summed E-state index contributed by atoms with van der Waals surface area (Å²) in [6.45, 7) is 6.04. The van der Waals surface area contributed by atoms with Gasteiger partial charge in [-0.25, -0.2) is 0 Å². The molecule has 2 saturated heterocycles. The minimum atomic E-state index is -0.891. The van der Waals surface area contributed by atoms with Gasteiger partial charge in [0.2, 0.25) is 0 Å². The van der Waals surface area contributed by atoms with Crippen LogP contribution >= 0.6 is 0 Å². The second-order valence-corrected chi connectivity index (χ2v) is 7.07. The van der Waals surface area contributed by atoms with Gasteiger partial charge < -0.3 is 9.84 Å². The summed E-state index contributed by atoms with van der Waals surface area (Å²) in [4.78, 5) is 48.1. The monoisotopic (exact) mass is 404 g/mol. The molecule has 0 aromatic heterocycles. The molecule has 29 heavy (non-hydrogen) atoms. The van der Waals surface area contributed by atoms with Crippen LogP contribution in [-0.2, 0) is 30.5 Å². The number of rotatable bonds is 6. The lowest BCUT2D eigenvalue weighted by atomic mass is 10.2. The topological polar surface area (TPSA) is 104 Å². The third kappa shape index (κ3) is 6.47. The largest absolute Gasteiger partial charge is 0.480 e. The summed E-state index contributed by atoms with van der Waals surface area (Å²) in [5, 5.41) is 8.64. The van der Waals surface area contributed by atoms with E-state index in [1.165, 1.54) is 0 Å². The highest BCUT2D eigenvalue weighted by Gasteiger charge is 2.36. The third-order valence-corrected chi connectivity index (χ3v) is 5.08. The van der Waals surface area contributed by atoms with Crippen LogP contribution in [0, 0.1) is 0 Å². The lowest BCUT2D eigenvalue weighted by Gasteiger charge is -2.19. The highest BCUT2D eigenvalue weighted by atomic mass is 16.5. The minimum absolute atomic E-state index is 0.0271. The highest BCUT2D eigenvalue weighted by Crippen LogP contribution is 2.16. The zero-order valence-corrected chi connectivity index (χ0v) is 16.9. The van der Waals surface area contributed by atoms with Crippen LogP contribution in [0.4, 0.5) is 0 Å². The number of carbonyl (C=O) groups excluding carboxylic acids is 3. The van der Waals surface area contributed by atoms with Gasteiger partial charge in [-0.2, -0.15) is 0 Å². The van der Waals surface area contributed by atoms with Crippen LogP contribution in [0.3, 0.4) is 0 Å².